The second-order valence-electron chi connectivity index (χ2n) is 3.81. The summed E-state index contributed by atoms with van der Waals surface area (Å²) in [5.41, 5.74) is 2.13. The Labute approximate surface area is 106 Å². The zero-order valence-corrected chi connectivity index (χ0v) is 10.4. The number of nitrogens with one attached hydrogen (secondary N) is 1. The van der Waals surface area contributed by atoms with E-state index >= 15 is 0 Å². The topological polar surface area (TPSA) is 37.8 Å². The van der Waals surface area contributed by atoms with Gasteiger partial charge >= 0.3 is 0 Å². The first-order chi connectivity index (χ1) is 8.29. The Bertz CT molecular complexity index is 482. The molecule has 0 saturated heterocycles. The zero-order valence-electron chi connectivity index (χ0n) is 9.65. The summed E-state index contributed by atoms with van der Waals surface area (Å²) in [6.07, 6.45) is 4.35. The molecule has 0 aliphatic heterocycles. The smallest absolute Gasteiger partial charge is 0.132 e. The predicted molar refractivity (Wildman–Crippen MR) is 69.1 cm³/mol. The van der Waals surface area contributed by atoms with Crippen molar-refractivity contribution in [1.29, 1.82) is 0 Å². The molecule has 0 aliphatic rings. The normalized spacial score (nSPS) is 10.5. The summed E-state index contributed by atoms with van der Waals surface area (Å²) in [6, 6.07) is 7.76. The minimum Gasteiger partial charge on any atom is -0.316 e. The highest BCUT2D eigenvalue weighted by Gasteiger charge is 2.03. The van der Waals surface area contributed by atoms with E-state index in [-0.39, 0.29) is 0 Å². The molecule has 0 radical (unpaired) electrons. The SMILES string of the molecule is CNCc1cnc(Cc2ccccc2Cl)nc1. The number of rotatable bonds is 4. The van der Waals surface area contributed by atoms with Crippen LogP contribution in [-0.2, 0) is 13.0 Å². The van der Waals surface area contributed by atoms with Gasteiger partial charge in [0.25, 0.3) is 0 Å². The van der Waals surface area contributed by atoms with Crippen LogP contribution in [0.2, 0.25) is 5.02 Å². The maximum Gasteiger partial charge on any atom is 0.132 e. The van der Waals surface area contributed by atoms with Crippen molar-refractivity contribution in [2.75, 3.05) is 7.05 Å². The van der Waals surface area contributed by atoms with Crippen LogP contribution in [0, 0.1) is 0 Å². The highest BCUT2D eigenvalue weighted by Crippen LogP contribution is 2.17. The molecule has 0 unspecified atom stereocenters. The van der Waals surface area contributed by atoms with E-state index in [1.54, 1.807) is 0 Å². The summed E-state index contributed by atoms with van der Waals surface area (Å²) >= 11 is 6.09. The Morgan fingerprint density at radius 2 is 1.88 bits per heavy atom. The van der Waals surface area contributed by atoms with Gasteiger partial charge in [0.2, 0.25) is 0 Å². The van der Waals surface area contributed by atoms with Gasteiger partial charge in [-0.05, 0) is 18.7 Å². The fourth-order valence-corrected chi connectivity index (χ4v) is 1.78. The zero-order chi connectivity index (χ0) is 12.1. The van der Waals surface area contributed by atoms with Crippen molar-refractivity contribution in [1.82, 2.24) is 15.3 Å². The highest BCUT2D eigenvalue weighted by molar-refractivity contribution is 6.31. The van der Waals surface area contributed by atoms with Gasteiger partial charge in [0.15, 0.2) is 0 Å². The minimum absolute atomic E-state index is 0.666. The quantitative estimate of drug-likeness (QED) is 0.902. The third kappa shape index (κ3) is 3.25. The van der Waals surface area contributed by atoms with Crippen LogP contribution in [0.15, 0.2) is 36.7 Å². The monoisotopic (exact) mass is 247 g/mol. The first-order valence-corrected chi connectivity index (χ1v) is 5.85. The van der Waals surface area contributed by atoms with Gasteiger partial charge < -0.3 is 5.32 Å². The molecule has 0 bridgehead atoms. The summed E-state index contributed by atoms with van der Waals surface area (Å²) < 4.78 is 0. The van der Waals surface area contributed by atoms with Gasteiger partial charge in [-0.15, -0.1) is 0 Å². The van der Waals surface area contributed by atoms with E-state index in [0.29, 0.717) is 6.42 Å². The van der Waals surface area contributed by atoms with Crippen molar-refractivity contribution in [3.05, 3.63) is 58.6 Å². The largest absolute Gasteiger partial charge is 0.316 e. The average molecular weight is 248 g/mol. The lowest BCUT2D eigenvalue weighted by Gasteiger charge is -2.04. The Balaban J connectivity index is 2.11. The van der Waals surface area contributed by atoms with E-state index in [2.05, 4.69) is 15.3 Å². The van der Waals surface area contributed by atoms with E-state index in [4.69, 9.17) is 11.6 Å². The number of hydrogen-bond donors (Lipinski definition) is 1. The van der Waals surface area contributed by atoms with Crippen molar-refractivity contribution < 1.29 is 0 Å². The van der Waals surface area contributed by atoms with E-state index in [1.165, 1.54) is 0 Å². The van der Waals surface area contributed by atoms with Crippen molar-refractivity contribution in [2.45, 2.75) is 13.0 Å². The van der Waals surface area contributed by atoms with E-state index in [0.717, 1.165) is 28.5 Å². The Kier molecular flexibility index (Phi) is 4.07. The molecule has 3 nitrogen and oxygen atoms in total. The molecular formula is C13H14ClN3. The maximum atomic E-state index is 6.09. The molecule has 17 heavy (non-hydrogen) atoms. The van der Waals surface area contributed by atoms with E-state index in [1.807, 2.05) is 43.7 Å². The van der Waals surface area contributed by atoms with Crippen molar-refractivity contribution in [3.63, 3.8) is 0 Å². The lowest BCUT2D eigenvalue weighted by molar-refractivity contribution is 0.798. The summed E-state index contributed by atoms with van der Waals surface area (Å²) in [5.74, 6) is 0.790. The molecule has 0 saturated carbocycles. The van der Waals surface area contributed by atoms with Crippen molar-refractivity contribution >= 4 is 11.6 Å². The standard InChI is InChI=1S/C13H14ClN3/c1-15-7-10-8-16-13(17-9-10)6-11-4-2-3-5-12(11)14/h2-5,8-9,15H,6-7H2,1H3. The summed E-state index contributed by atoms with van der Waals surface area (Å²) in [4.78, 5) is 8.65. The molecule has 0 amide bonds. The molecule has 1 aromatic heterocycles. The number of hydrogen-bond acceptors (Lipinski definition) is 3. The van der Waals surface area contributed by atoms with E-state index in [9.17, 15) is 0 Å². The van der Waals surface area contributed by atoms with Gasteiger partial charge in [-0.3, -0.25) is 0 Å². The van der Waals surface area contributed by atoms with Crippen LogP contribution in [0.5, 0.6) is 0 Å². The first-order valence-electron chi connectivity index (χ1n) is 5.47. The third-order valence-electron chi connectivity index (χ3n) is 2.45. The van der Waals surface area contributed by atoms with Gasteiger partial charge in [0.1, 0.15) is 5.82 Å². The lowest BCUT2D eigenvalue weighted by Crippen LogP contribution is -2.07. The van der Waals surface area contributed by atoms with Crippen LogP contribution in [0.3, 0.4) is 0 Å². The molecule has 1 N–H and O–H groups in total. The third-order valence-corrected chi connectivity index (χ3v) is 2.81. The van der Waals surface area contributed by atoms with Crippen LogP contribution >= 0.6 is 11.6 Å². The number of nitrogens with zero attached hydrogens (tertiary/aromatic N) is 2. The van der Waals surface area contributed by atoms with Crippen LogP contribution in [0.1, 0.15) is 17.0 Å². The van der Waals surface area contributed by atoms with Crippen molar-refractivity contribution in [2.24, 2.45) is 0 Å². The Morgan fingerprint density at radius 1 is 1.18 bits per heavy atom. The van der Waals surface area contributed by atoms with Crippen LogP contribution in [0.25, 0.3) is 0 Å². The molecule has 1 aromatic carbocycles. The number of halogens is 1. The Morgan fingerprint density at radius 3 is 2.53 bits per heavy atom. The summed E-state index contributed by atoms with van der Waals surface area (Å²) in [5, 5.41) is 3.82. The maximum absolute atomic E-state index is 6.09. The molecule has 0 spiro atoms. The second-order valence-corrected chi connectivity index (χ2v) is 4.21. The first kappa shape index (κ1) is 12.0. The highest BCUT2D eigenvalue weighted by atomic mass is 35.5. The van der Waals surface area contributed by atoms with Crippen LogP contribution in [0.4, 0.5) is 0 Å². The molecule has 4 heteroatoms. The summed E-state index contributed by atoms with van der Waals surface area (Å²) in [6.45, 7) is 0.784. The van der Waals surface area contributed by atoms with Crippen molar-refractivity contribution in [3.8, 4) is 0 Å². The molecular weight excluding hydrogens is 234 g/mol. The average Bonchev–Trinajstić information content (AvgIpc) is 2.35. The number of benzene rings is 1. The molecule has 2 rings (SSSR count). The predicted octanol–water partition coefficient (Wildman–Crippen LogP) is 2.44. The minimum atomic E-state index is 0.666. The fourth-order valence-electron chi connectivity index (χ4n) is 1.58. The van der Waals surface area contributed by atoms with Crippen LogP contribution < -0.4 is 5.32 Å². The Hall–Kier alpha value is -1.45. The van der Waals surface area contributed by atoms with Crippen LogP contribution in [-0.4, -0.2) is 17.0 Å². The molecule has 0 atom stereocenters. The van der Waals surface area contributed by atoms with Gasteiger partial charge in [-0.25, -0.2) is 9.97 Å². The summed E-state index contributed by atoms with van der Waals surface area (Å²) in [7, 11) is 1.90. The van der Waals surface area contributed by atoms with Gasteiger partial charge in [-0.1, -0.05) is 29.8 Å². The molecule has 88 valence electrons. The van der Waals surface area contributed by atoms with Gasteiger partial charge in [0.05, 0.1) is 0 Å². The second kappa shape index (κ2) is 5.75. The lowest BCUT2D eigenvalue weighted by atomic mass is 10.1. The molecule has 0 aliphatic carbocycles. The fraction of sp³-hybridized carbons (Fsp3) is 0.231. The van der Waals surface area contributed by atoms with E-state index < -0.39 is 0 Å². The molecule has 1 heterocycles. The molecule has 2 aromatic rings. The molecule has 0 fully saturated rings. The van der Waals surface area contributed by atoms with Gasteiger partial charge in [0, 0.05) is 35.9 Å². The van der Waals surface area contributed by atoms with Gasteiger partial charge in [-0.2, -0.15) is 0 Å². The number of aromatic nitrogens is 2.